The van der Waals surface area contributed by atoms with E-state index in [2.05, 4.69) is 0 Å². The smallest absolute Gasteiger partial charge is 0.146 e. The Bertz CT molecular complexity index is 81.4. The summed E-state index contributed by atoms with van der Waals surface area (Å²) < 4.78 is 0.928. The van der Waals surface area contributed by atoms with Crippen molar-refractivity contribution < 1.29 is 0 Å². The van der Waals surface area contributed by atoms with Crippen LogP contribution in [0, 0.1) is 0 Å². The van der Waals surface area contributed by atoms with Crippen LogP contribution in [0.15, 0.2) is 0 Å². The van der Waals surface area contributed by atoms with E-state index < -0.39 is 0 Å². The van der Waals surface area contributed by atoms with E-state index in [-0.39, 0.29) is 0 Å². The molecule has 0 unspecified atom stereocenters. The summed E-state index contributed by atoms with van der Waals surface area (Å²) in [6.45, 7) is 0. The molecule has 0 bridgehead atoms. The summed E-state index contributed by atoms with van der Waals surface area (Å²) in [5, 5.41) is 0. The average Bonchev–Trinajstić information content (AvgIpc) is 1.67. The number of hydrogen-bond donors (Lipinski definition) is 0. The molecule has 0 aliphatic heterocycles. The first-order valence-electron chi connectivity index (χ1n) is 2.10. The molecule has 0 aliphatic carbocycles. The van der Waals surface area contributed by atoms with Crippen molar-refractivity contribution in [1.82, 2.24) is 4.90 Å². The third-order valence-corrected chi connectivity index (χ3v) is 3.10. The largest absolute Gasteiger partial charge is 0.363 e. The van der Waals surface area contributed by atoms with Crippen LogP contribution in [0.4, 0.5) is 0 Å². The van der Waals surface area contributed by atoms with Gasteiger partial charge in [-0.15, -0.1) is 0 Å². The molecule has 0 aliphatic rings. The van der Waals surface area contributed by atoms with Gasteiger partial charge in [0, 0.05) is 14.1 Å². The van der Waals surface area contributed by atoms with Gasteiger partial charge in [0.15, 0.2) is 0 Å². The van der Waals surface area contributed by atoms with Crippen LogP contribution in [-0.2, 0) is 0 Å². The van der Waals surface area contributed by atoms with E-state index in [4.69, 9.17) is 12.2 Å². The molecule has 0 saturated carbocycles. The highest BCUT2D eigenvalue weighted by Crippen LogP contribution is 2.19. The molecule has 0 atom stereocenters. The van der Waals surface area contributed by atoms with Crippen molar-refractivity contribution in [3.8, 4) is 0 Å². The lowest BCUT2D eigenvalue weighted by Crippen LogP contribution is -2.14. The van der Waals surface area contributed by atoms with Gasteiger partial charge in [-0.1, -0.05) is 23.0 Å². The first-order valence-corrected chi connectivity index (χ1v) is 5.07. The fourth-order valence-electron chi connectivity index (χ4n) is 0.146. The van der Waals surface area contributed by atoms with Crippen LogP contribution in [0.1, 0.15) is 0 Å². The molecule has 1 nitrogen and oxygen atoms in total. The maximum absolute atomic E-state index is 4.95. The van der Waals surface area contributed by atoms with E-state index in [1.807, 2.05) is 25.3 Å². The first-order chi connectivity index (χ1) is 3.68. The Morgan fingerprint density at radius 2 is 2.00 bits per heavy atom. The summed E-state index contributed by atoms with van der Waals surface area (Å²) in [4.78, 5) is 1.93. The second kappa shape index (κ2) is 4.47. The normalized spacial score (nSPS) is 8.88. The third-order valence-electron chi connectivity index (χ3n) is 0.520. The predicted octanol–water partition coefficient (Wildman–Crippen LogP) is 1.84. The van der Waals surface area contributed by atoms with Gasteiger partial charge in [-0.25, -0.2) is 0 Å². The Kier molecular flexibility index (Phi) is 4.80. The summed E-state index contributed by atoms with van der Waals surface area (Å²) in [6.07, 6.45) is 2.01. The Morgan fingerprint density at radius 1 is 1.50 bits per heavy atom. The van der Waals surface area contributed by atoms with Gasteiger partial charge >= 0.3 is 0 Å². The number of thiocarbonyl (C=S) groups is 1. The van der Waals surface area contributed by atoms with Gasteiger partial charge < -0.3 is 4.90 Å². The Hall–Kier alpha value is 0.590. The quantitative estimate of drug-likeness (QED) is 0.433. The minimum absolute atomic E-state index is 0.928. The summed E-state index contributed by atoms with van der Waals surface area (Å²) in [6, 6.07) is 0. The van der Waals surface area contributed by atoms with E-state index in [1.54, 1.807) is 21.6 Å². The molecular formula is C4H9NS3. The lowest BCUT2D eigenvalue weighted by Gasteiger charge is -2.09. The van der Waals surface area contributed by atoms with Gasteiger partial charge in [0.05, 0.1) is 0 Å². The molecule has 0 aromatic heterocycles. The fraction of sp³-hybridized carbons (Fsp3) is 0.750. The maximum Gasteiger partial charge on any atom is 0.146 e. The van der Waals surface area contributed by atoms with Gasteiger partial charge in [-0.3, -0.25) is 0 Å². The van der Waals surface area contributed by atoms with Crippen LogP contribution < -0.4 is 0 Å². The molecule has 0 heterocycles. The Labute approximate surface area is 63.6 Å². The van der Waals surface area contributed by atoms with Crippen molar-refractivity contribution in [2.75, 3.05) is 20.4 Å². The second-order valence-electron chi connectivity index (χ2n) is 1.41. The zero-order chi connectivity index (χ0) is 6.57. The molecule has 48 valence electrons. The topological polar surface area (TPSA) is 3.24 Å². The van der Waals surface area contributed by atoms with Crippen molar-refractivity contribution in [2.45, 2.75) is 0 Å². The Balaban J connectivity index is 3.33. The monoisotopic (exact) mass is 167 g/mol. The zero-order valence-electron chi connectivity index (χ0n) is 5.17. The molecule has 8 heavy (non-hydrogen) atoms. The van der Waals surface area contributed by atoms with Crippen molar-refractivity contribution >= 4 is 38.1 Å². The minimum atomic E-state index is 0.928. The lowest BCUT2D eigenvalue weighted by atomic mass is 11.0. The van der Waals surface area contributed by atoms with Gasteiger partial charge in [-0.2, -0.15) is 0 Å². The molecule has 0 saturated heterocycles. The molecule has 4 heteroatoms. The Morgan fingerprint density at radius 3 is 2.12 bits per heavy atom. The average molecular weight is 167 g/mol. The second-order valence-corrected chi connectivity index (χ2v) is 4.44. The van der Waals surface area contributed by atoms with E-state index in [0.29, 0.717) is 0 Å². The van der Waals surface area contributed by atoms with Crippen molar-refractivity contribution in [2.24, 2.45) is 0 Å². The molecule has 0 fully saturated rings. The van der Waals surface area contributed by atoms with Crippen molar-refractivity contribution in [3.05, 3.63) is 0 Å². The number of hydrogen-bond acceptors (Lipinski definition) is 3. The molecule has 0 amide bonds. The van der Waals surface area contributed by atoms with Crippen LogP contribution in [0.2, 0.25) is 0 Å². The molecule has 0 spiro atoms. The van der Waals surface area contributed by atoms with Gasteiger partial charge in [0.1, 0.15) is 4.32 Å². The molecule has 0 aromatic rings. The van der Waals surface area contributed by atoms with E-state index in [0.717, 1.165) is 4.32 Å². The molecule has 0 N–H and O–H groups in total. The first kappa shape index (κ1) is 8.59. The fourth-order valence-corrected chi connectivity index (χ4v) is 1.92. The molecule has 0 aromatic carbocycles. The van der Waals surface area contributed by atoms with Crippen LogP contribution >= 0.6 is 33.8 Å². The van der Waals surface area contributed by atoms with E-state index in [1.165, 1.54) is 0 Å². The summed E-state index contributed by atoms with van der Waals surface area (Å²) >= 11 is 4.95. The van der Waals surface area contributed by atoms with Crippen LogP contribution in [0.3, 0.4) is 0 Å². The highest BCUT2D eigenvalue weighted by Gasteiger charge is 1.95. The van der Waals surface area contributed by atoms with Gasteiger partial charge in [-0.05, 0) is 17.0 Å². The van der Waals surface area contributed by atoms with Crippen LogP contribution in [-0.4, -0.2) is 29.6 Å². The summed E-state index contributed by atoms with van der Waals surface area (Å²) in [5.74, 6) is 0. The van der Waals surface area contributed by atoms with Crippen molar-refractivity contribution in [1.29, 1.82) is 0 Å². The van der Waals surface area contributed by atoms with Gasteiger partial charge in [0.2, 0.25) is 0 Å². The van der Waals surface area contributed by atoms with Gasteiger partial charge in [0.25, 0.3) is 0 Å². The molecular weight excluding hydrogens is 158 g/mol. The van der Waals surface area contributed by atoms with E-state index in [9.17, 15) is 0 Å². The van der Waals surface area contributed by atoms with Crippen LogP contribution in [0.25, 0.3) is 0 Å². The SMILES string of the molecule is CSSC(=S)N(C)C. The molecule has 0 rings (SSSR count). The highest BCUT2D eigenvalue weighted by molar-refractivity contribution is 8.83. The zero-order valence-corrected chi connectivity index (χ0v) is 7.62. The summed E-state index contributed by atoms with van der Waals surface area (Å²) in [5.41, 5.74) is 0. The number of rotatable bonds is 1. The number of nitrogens with zero attached hydrogens (tertiary/aromatic N) is 1. The maximum atomic E-state index is 4.95. The predicted molar refractivity (Wildman–Crippen MR) is 47.4 cm³/mol. The lowest BCUT2D eigenvalue weighted by molar-refractivity contribution is 0.648. The van der Waals surface area contributed by atoms with E-state index >= 15 is 0 Å². The standard InChI is InChI=1S/C4H9NS3/c1-5(2)4(6)8-7-3/h1-3H3. The minimum Gasteiger partial charge on any atom is -0.363 e. The highest BCUT2D eigenvalue weighted by atomic mass is 33.1. The summed E-state index contributed by atoms with van der Waals surface area (Å²) in [7, 11) is 7.19. The molecule has 0 radical (unpaired) electrons. The van der Waals surface area contributed by atoms with Crippen LogP contribution in [0.5, 0.6) is 0 Å². The third kappa shape index (κ3) is 3.57. The van der Waals surface area contributed by atoms with Crippen molar-refractivity contribution in [3.63, 3.8) is 0 Å².